The second kappa shape index (κ2) is 5.74. The van der Waals surface area contributed by atoms with Crippen molar-refractivity contribution < 1.29 is 4.74 Å². The summed E-state index contributed by atoms with van der Waals surface area (Å²) in [6.45, 7) is 4.23. The van der Waals surface area contributed by atoms with Gasteiger partial charge in [0.25, 0.3) is 0 Å². The third kappa shape index (κ3) is 2.33. The van der Waals surface area contributed by atoms with Gasteiger partial charge in [0.1, 0.15) is 5.65 Å². The number of piperidine rings is 1. The van der Waals surface area contributed by atoms with Gasteiger partial charge in [0.05, 0.1) is 11.8 Å². The second-order valence-electron chi connectivity index (χ2n) is 5.43. The zero-order chi connectivity index (χ0) is 14.1. The minimum absolute atomic E-state index is 0.289. The van der Waals surface area contributed by atoms with E-state index in [1.54, 1.807) is 7.11 Å². The molecule has 0 N–H and O–H groups in total. The van der Waals surface area contributed by atoms with Crippen molar-refractivity contribution in [3.63, 3.8) is 0 Å². The van der Waals surface area contributed by atoms with Crippen LogP contribution in [-0.4, -0.2) is 35.7 Å². The Morgan fingerprint density at radius 2 is 2.30 bits per heavy atom. The zero-order valence-electron chi connectivity index (χ0n) is 11.9. The van der Waals surface area contributed by atoms with Gasteiger partial charge in [-0.15, -0.1) is 0 Å². The summed E-state index contributed by atoms with van der Waals surface area (Å²) in [6, 6.07) is 6.12. The molecule has 1 aliphatic rings. The molecule has 1 aliphatic heterocycles. The van der Waals surface area contributed by atoms with E-state index in [0.29, 0.717) is 5.92 Å². The van der Waals surface area contributed by atoms with Crippen LogP contribution in [0.3, 0.4) is 0 Å². The Bertz CT molecular complexity index is 598. The fourth-order valence-electron chi connectivity index (χ4n) is 2.94. The first kappa shape index (κ1) is 13.9. The van der Waals surface area contributed by atoms with Gasteiger partial charge in [-0.25, -0.2) is 4.98 Å². The van der Waals surface area contributed by atoms with Crippen molar-refractivity contribution >= 4 is 27.4 Å². The third-order valence-electron chi connectivity index (χ3n) is 4.23. The molecule has 0 amide bonds. The molecule has 0 spiro atoms. The van der Waals surface area contributed by atoms with Gasteiger partial charge >= 0.3 is 0 Å². The molecule has 0 aliphatic carbocycles. The zero-order valence-corrected chi connectivity index (χ0v) is 13.5. The van der Waals surface area contributed by atoms with E-state index in [2.05, 4.69) is 44.4 Å². The van der Waals surface area contributed by atoms with Crippen LogP contribution < -0.4 is 4.90 Å². The molecule has 0 aromatic carbocycles. The maximum absolute atomic E-state index is 5.61. The smallest absolute Gasteiger partial charge is 0.152 e. The standard InChI is InChI=1S/C15H20BrN3O/c1-11-6-8-18(10-13(11)20-2)15-12(9-16)19-7-4-3-5-14(19)17-15/h3-5,7,11,13H,6,8-10H2,1-2H3. The first-order valence-corrected chi connectivity index (χ1v) is 8.16. The molecular formula is C15H20BrN3O. The number of ether oxygens (including phenoxy) is 1. The van der Waals surface area contributed by atoms with Crippen LogP contribution in [0.4, 0.5) is 5.82 Å². The lowest BCUT2D eigenvalue weighted by molar-refractivity contribution is 0.0496. The molecule has 1 fully saturated rings. The van der Waals surface area contributed by atoms with Gasteiger partial charge in [-0.2, -0.15) is 0 Å². The molecule has 1 saturated heterocycles. The van der Waals surface area contributed by atoms with Crippen molar-refractivity contribution in [3.05, 3.63) is 30.1 Å². The molecule has 3 rings (SSSR count). The third-order valence-corrected chi connectivity index (χ3v) is 4.76. The average Bonchev–Trinajstić information content (AvgIpc) is 2.86. The van der Waals surface area contributed by atoms with Crippen molar-refractivity contribution in [3.8, 4) is 0 Å². The number of methoxy groups -OCH3 is 1. The largest absolute Gasteiger partial charge is 0.379 e. The summed E-state index contributed by atoms with van der Waals surface area (Å²) in [4.78, 5) is 7.16. The Labute approximate surface area is 127 Å². The number of halogens is 1. The fourth-order valence-corrected chi connectivity index (χ4v) is 3.47. The van der Waals surface area contributed by atoms with Crippen LogP contribution in [0.15, 0.2) is 24.4 Å². The van der Waals surface area contributed by atoms with Crippen LogP contribution >= 0.6 is 15.9 Å². The minimum Gasteiger partial charge on any atom is -0.379 e. The van der Waals surface area contributed by atoms with Gasteiger partial charge in [-0.1, -0.05) is 28.9 Å². The number of alkyl halides is 1. The fraction of sp³-hybridized carbons (Fsp3) is 0.533. The maximum Gasteiger partial charge on any atom is 0.152 e. The normalized spacial score (nSPS) is 23.4. The molecule has 4 nitrogen and oxygen atoms in total. The quantitative estimate of drug-likeness (QED) is 0.806. The molecule has 0 radical (unpaired) electrons. The summed E-state index contributed by atoms with van der Waals surface area (Å²) < 4.78 is 7.77. The van der Waals surface area contributed by atoms with E-state index in [-0.39, 0.29) is 6.10 Å². The summed E-state index contributed by atoms with van der Waals surface area (Å²) in [5, 5.41) is 0.803. The molecule has 5 heteroatoms. The van der Waals surface area contributed by atoms with Crippen molar-refractivity contribution in [2.45, 2.75) is 24.8 Å². The Kier molecular flexibility index (Phi) is 3.98. The van der Waals surface area contributed by atoms with E-state index in [1.807, 2.05) is 12.1 Å². The van der Waals surface area contributed by atoms with Crippen LogP contribution in [0.1, 0.15) is 19.0 Å². The van der Waals surface area contributed by atoms with E-state index in [1.165, 1.54) is 5.69 Å². The van der Waals surface area contributed by atoms with Crippen LogP contribution in [0.2, 0.25) is 0 Å². The highest BCUT2D eigenvalue weighted by molar-refractivity contribution is 9.08. The highest BCUT2D eigenvalue weighted by Crippen LogP contribution is 2.29. The summed E-state index contributed by atoms with van der Waals surface area (Å²) in [5.41, 5.74) is 2.22. The lowest BCUT2D eigenvalue weighted by atomic mass is 9.96. The maximum atomic E-state index is 5.61. The summed E-state index contributed by atoms with van der Waals surface area (Å²) in [6.07, 6.45) is 3.51. The van der Waals surface area contributed by atoms with Crippen LogP contribution in [0.25, 0.3) is 5.65 Å². The molecule has 2 aromatic heterocycles. The summed E-state index contributed by atoms with van der Waals surface area (Å²) >= 11 is 3.60. The number of anilines is 1. The van der Waals surface area contributed by atoms with Gasteiger partial charge in [-0.3, -0.25) is 0 Å². The molecule has 0 bridgehead atoms. The summed E-state index contributed by atoms with van der Waals surface area (Å²) in [7, 11) is 1.81. The van der Waals surface area contributed by atoms with E-state index < -0.39 is 0 Å². The lowest BCUT2D eigenvalue weighted by Gasteiger charge is -2.36. The molecule has 3 heterocycles. The number of imidazole rings is 1. The first-order chi connectivity index (χ1) is 9.74. The average molecular weight is 338 g/mol. The number of pyridine rings is 1. The molecule has 2 unspecified atom stereocenters. The molecule has 0 saturated carbocycles. The predicted octanol–water partition coefficient (Wildman–Crippen LogP) is 3.09. The lowest BCUT2D eigenvalue weighted by Crippen LogP contribution is -2.44. The Morgan fingerprint density at radius 3 is 3.05 bits per heavy atom. The topological polar surface area (TPSA) is 29.8 Å². The second-order valence-corrected chi connectivity index (χ2v) is 5.99. The molecule has 108 valence electrons. The van der Waals surface area contributed by atoms with Crippen LogP contribution in [-0.2, 0) is 10.1 Å². The van der Waals surface area contributed by atoms with Gasteiger partial charge < -0.3 is 14.0 Å². The number of hydrogen-bond donors (Lipinski definition) is 0. The van der Waals surface area contributed by atoms with Gasteiger partial charge in [-0.05, 0) is 24.5 Å². The Morgan fingerprint density at radius 1 is 1.45 bits per heavy atom. The van der Waals surface area contributed by atoms with Crippen molar-refractivity contribution in [2.75, 3.05) is 25.1 Å². The van der Waals surface area contributed by atoms with E-state index in [0.717, 1.165) is 36.3 Å². The summed E-state index contributed by atoms with van der Waals surface area (Å²) in [5.74, 6) is 1.70. The molecule has 2 aromatic rings. The number of hydrogen-bond acceptors (Lipinski definition) is 3. The van der Waals surface area contributed by atoms with Crippen LogP contribution in [0, 0.1) is 5.92 Å². The molecular weight excluding hydrogens is 318 g/mol. The molecule has 20 heavy (non-hydrogen) atoms. The first-order valence-electron chi connectivity index (χ1n) is 7.04. The number of aromatic nitrogens is 2. The van der Waals surface area contributed by atoms with Crippen molar-refractivity contribution in [1.29, 1.82) is 0 Å². The monoisotopic (exact) mass is 337 g/mol. The Hall–Kier alpha value is -1.07. The predicted molar refractivity (Wildman–Crippen MR) is 84.6 cm³/mol. The highest BCUT2D eigenvalue weighted by atomic mass is 79.9. The van der Waals surface area contributed by atoms with Gasteiger partial charge in [0, 0.05) is 31.7 Å². The van der Waals surface area contributed by atoms with Gasteiger partial charge in [0.15, 0.2) is 5.82 Å². The highest BCUT2D eigenvalue weighted by Gasteiger charge is 2.28. The van der Waals surface area contributed by atoms with E-state index in [9.17, 15) is 0 Å². The SMILES string of the molecule is COC1CN(c2nc3ccccn3c2CBr)CCC1C. The van der Waals surface area contributed by atoms with E-state index >= 15 is 0 Å². The van der Waals surface area contributed by atoms with Crippen molar-refractivity contribution in [2.24, 2.45) is 5.92 Å². The number of rotatable bonds is 3. The van der Waals surface area contributed by atoms with Crippen molar-refractivity contribution in [1.82, 2.24) is 9.38 Å². The van der Waals surface area contributed by atoms with E-state index in [4.69, 9.17) is 9.72 Å². The van der Waals surface area contributed by atoms with Gasteiger partial charge in [0.2, 0.25) is 0 Å². The Balaban J connectivity index is 1.97. The van der Waals surface area contributed by atoms with Crippen LogP contribution in [0.5, 0.6) is 0 Å². The minimum atomic E-state index is 0.289. The molecule has 2 atom stereocenters. The number of nitrogens with zero attached hydrogens (tertiary/aromatic N) is 3. The number of fused-ring (bicyclic) bond motifs is 1.